The second kappa shape index (κ2) is 5.68. The summed E-state index contributed by atoms with van der Waals surface area (Å²) in [5.74, 6) is -0.187. The Bertz CT molecular complexity index is 974. The van der Waals surface area contributed by atoms with Gasteiger partial charge in [0.05, 0.1) is 16.7 Å². The maximum Gasteiger partial charge on any atom is 0.275 e. The number of aryl methyl sites for hydroxylation is 2. The molecule has 0 spiro atoms. The van der Waals surface area contributed by atoms with Crippen molar-refractivity contribution in [2.24, 2.45) is 0 Å². The molecule has 0 bridgehead atoms. The number of anilines is 1. The first-order valence-corrected chi connectivity index (χ1v) is 7.34. The number of rotatable bonds is 2. The predicted molar refractivity (Wildman–Crippen MR) is 91.6 cm³/mol. The standard InChI is InChI=1S/C18H17N3O2/c1-10-7-8-14-15(9-10)21-18(23)17(20-14)13-6-4-5-11(2)16(13)19-12(3)22/h4-9H,1-3H3,(H,19,22)(H,21,23). The van der Waals surface area contributed by atoms with E-state index in [1.165, 1.54) is 6.92 Å². The largest absolute Gasteiger partial charge is 0.325 e. The summed E-state index contributed by atoms with van der Waals surface area (Å²) in [6.45, 7) is 5.28. The van der Waals surface area contributed by atoms with Gasteiger partial charge in [-0.25, -0.2) is 4.98 Å². The average Bonchev–Trinajstić information content (AvgIpc) is 2.48. The molecule has 0 radical (unpaired) electrons. The number of hydrogen-bond acceptors (Lipinski definition) is 3. The fourth-order valence-electron chi connectivity index (χ4n) is 2.59. The molecule has 0 saturated heterocycles. The molecule has 23 heavy (non-hydrogen) atoms. The van der Waals surface area contributed by atoms with Gasteiger partial charge >= 0.3 is 0 Å². The summed E-state index contributed by atoms with van der Waals surface area (Å²) < 4.78 is 0. The van der Waals surface area contributed by atoms with E-state index in [0.29, 0.717) is 28.0 Å². The number of nitrogens with one attached hydrogen (secondary N) is 2. The van der Waals surface area contributed by atoms with Crippen LogP contribution in [-0.2, 0) is 4.79 Å². The molecule has 0 unspecified atom stereocenters. The van der Waals surface area contributed by atoms with Crippen LogP contribution in [0.2, 0.25) is 0 Å². The van der Waals surface area contributed by atoms with Crippen molar-refractivity contribution in [2.45, 2.75) is 20.8 Å². The van der Waals surface area contributed by atoms with Crippen LogP contribution in [0.15, 0.2) is 41.2 Å². The molecular formula is C18H17N3O2. The van der Waals surface area contributed by atoms with E-state index < -0.39 is 0 Å². The second-order valence-electron chi connectivity index (χ2n) is 5.61. The van der Waals surface area contributed by atoms with E-state index in [4.69, 9.17) is 0 Å². The van der Waals surface area contributed by atoms with Crippen LogP contribution in [0.4, 0.5) is 5.69 Å². The van der Waals surface area contributed by atoms with Gasteiger partial charge in [0.25, 0.3) is 5.56 Å². The minimum absolute atomic E-state index is 0.187. The van der Waals surface area contributed by atoms with Gasteiger partial charge in [0.1, 0.15) is 5.69 Å². The van der Waals surface area contributed by atoms with Gasteiger partial charge in [0, 0.05) is 12.5 Å². The fourth-order valence-corrected chi connectivity index (χ4v) is 2.59. The maximum absolute atomic E-state index is 12.5. The number of benzene rings is 2. The molecule has 5 nitrogen and oxygen atoms in total. The topological polar surface area (TPSA) is 74.8 Å². The van der Waals surface area contributed by atoms with Crippen LogP contribution < -0.4 is 10.9 Å². The van der Waals surface area contributed by atoms with E-state index in [9.17, 15) is 9.59 Å². The van der Waals surface area contributed by atoms with E-state index >= 15 is 0 Å². The lowest BCUT2D eigenvalue weighted by atomic mass is 10.0. The number of amides is 1. The molecule has 0 aliphatic heterocycles. The zero-order chi connectivity index (χ0) is 16.6. The van der Waals surface area contributed by atoms with Crippen LogP contribution in [0.1, 0.15) is 18.1 Å². The van der Waals surface area contributed by atoms with Crippen LogP contribution in [0.3, 0.4) is 0 Å². The Morgan fingerprint density at radius 2 is 1.96 bits per heavy atom. The smallest absolute Gasteiger partial charge is 0.275 e. The molecule has 5 heteroatoms. The normalized spacial score (nSPS) is 10.7. The number of aromatic nitrogens is 2. The van der Waals surface area contributed by atoms with Crippen LogP contribution >= 0.6 is 0 Å². The quantitative estimate of drug-likeness (QED) is 0.763. The maximum atomic E-state index is 12.5. The number of para-hydroxylation sites is 1. The zero-order valence-electron chi connectivity index (χ0n) is 13.2. The average molecular weight is 307 g/mol. The van der Waals surface area contributed by atoms with Crippen molar-refractivity contribution in [3.63, 3.8) is 0 Å². The van der Waals surface area contributed by atoms with Crippen molar-refractivity contribution in [1.29, 1.82) is 0 Å². The SMILES string of the molecule is CC(=O)Nc1c(C)cccc1-c1nc2ccc(C)cc2[nH]c1=O. The first kappa shape index (κ1) is 15.0. The van der Waals surface area contributed by atoms with E-state index in [1.807, 2.05) is 44.2 Å². The van der Waals surface area contributed by atoms with E-state index in [1.54, 1.807) is 6.07 Å². The number of H-pyrrole nitrogens is 1. The number of carbonyl (C=O) groups is 1. The molecule has 0 saturated carbocycles. The molecule has 3 aromatic rings. The Kier molecular flexibility index (Phi) is 3.70. The van der Waals surface area contributed by atoms with Crippen LogP contribution in [0, 0.1) is 13.8 Å². The van der Waals surface area contributed by atoms with Crippen LogP contribution in [0.5, 0.6) is 0 Å². The van der Waals surface area contributed by atoms with E-state index in [-0.39, 0.29) is 11.5 Å². The minimum Gasteiger partial charge on any atom is -0.325 e. The molecule has 0 aliphatic rings. The summed E-state index contributed by atoms with van der Waals surface area (Å²) in [5, 5.41) is 2.79. The Morgan fingerprint density at radius 3 is 2.70 bits per heavy atom. The molecule has 1 heterocycles. The summed E-state index contributed by atoms with van der Waals surface area (Å²) >= 11 is 0. The van der Waals surface area contributed by atoms with Gasteiger partial charge in [0.15, 0.2) is 0 Å². The lowest BCUT2D eigenvalue weighted by Crippen LogP contribution is -2.15. The lowest BCUT2D eigenvalue weighted by Gasteiger charge is -2.12. The van der Waals surface area contributed by atoms with E-state index in [2.05, 4.69) is 15.3 Å². The summed E-state index contributed by atoms with van der Waals surface area (Å²) in [6, 6.07) is 11.2. The fraction of sp³-hybridized carbons (Fsp3) is 0.167. The van der Waals surface area contributed by atoms with Crippen molar-refractivity contribution in [2.75, 3.05) is 5.32 Å². The van der Waals surface area contributed by atoms with E-state index in [0.717, 1.165) is 11.1 Å². The summed E-state index contributed by atoms with van der Waals surface area (Å²) in [5.41, 5.74) is 4.59. The van der Waals surface area contributed by atoms with Gasteiger partial charge in [-0.1, -0.05) is 24.3 Å². The summed E-state index contributed by atoms with van der Waals surface area (Å²) in [4.78, 5) is 31.3. The van der Waals surface area contributed by atoms with Crippen LogP contribution in [-0.4, -0.2) is 15.9 Å². The number of nitrogens with zero attached hydrogens (tertiary/aromatic N) is 1. The lowest BCUT2D eigenvalue weighted by molar-refractivity contribution is -0.114. The molecule has 2 N–H and O–H groups in total. The van der Waals surface area contributed by atoms with Gasteiger partial charge in [0.2, 0.25) is 5.91 Å². The third-order valence-electron chi connectivity index (χ3n) is 3.68. The Hall–Kier alpha value is -2.95. The second-order valence-corrected chi connectivity index (χ2v) is 5.61. The van der Waals surface area contributed by atoms with Crippen molar-refractivity contribution in [1.82, 2.24) is 9.97 Å². The first-order chi connectivity index (χ1) is 11.0. The van der Waals surface area contributed by atoms with Crippen molar-refractivity contribution < 1.29 is 4.79 Å². The van der Waals surface area contributed by atoms with Gasteiger partial charge in [-0.05, 0) is 37.1 Å². The predicted octanol–water partition coefficient (Wildman–Crippen LogP) is 3.17. The third kappa shape index (κ3) is 2.85. The Balaban J connectivity index is 2.27. The van der Waals surface area contributed by atoms with Crippen molar-refractivity contribution >= 4 is 22.6 Å². The molecule has 116 valence electrons. The molecule has 3 rings (SSSR count). The van der Waals surface area contributed by atoms with Gasteiger partial charge in [-0.3, -0.25) is 9.59 Å². The molecule has 0 aliphatic carbocycles. The minimum atomic E-state index is -0.277. The molecule has 0 atom stereocenters. The molecule has 2 aromatic carbocycles. The highest BCUT2D eigenvalue weighted by molar-refractivity contribution is 5.95. The molecule has 1 amide bonds. The number of fused-ring (bicyclic) bond motifs is 1. The monoisotopic (exact) mass is 307 g/mol. The number of aromatic amines is 1. The Labute approximate surface area is 133 Å². The van der Waals surface area contributed by atoms with Crippen molar-refractivity contribution in [3.05, 3.63) is 57.9 Å². The highest BCUT2D eigenvalue weighted by Crippen LogP contribution is 2.28. The first-order valence-electron chi connectivity index (χ1n) is 7.34. The van der Waals surface area contributed by atoms with Gasteiger partial charge in [-0.2, -0.15) is 0 Å². The van der Waals surface area contributed by atoms with Crippen LogP contribution in [0.25, 0.3) is 22.3 Å². The highest BCUT2D eigenvalue weighted by atomic mass is 16.1. The molecule has 0 fully saturated rings. The number of hydrogen-bond donors (Lipinski definition) is 2. The third-order valence-corrected chi connectivity index (χ3v) is 3.68. The summed E-state index contributed by atoms with van der Waals surface area (Å²) in [7, 11) is 0. The molecule has 1 aromatic heterocycles. The van der Waals surface area contributed by atoms with Crippen molar-refractivity contribution in [3.8, 4) is 11.3 Å². The summed E-state index contributed by atoms with van der Waals surface area (Å²) in [6.07, 6.45) is 0. The van der Waals surface area contributed by atoms with Gasteiger partial charge in [-0.15, -0.1) is 0 Å². The highest BCUT2D eigenvalue weighted by Gasteiger charge is 2.14. The van der Waals surface area contributed by atoms with Gasteiger partial charge < -0.3 is 10.3 Å². The number of carbonyl (C=O) groups excluding carboxylic acids is 1. The zero-order valence-corrected chi connectivity index (χ0v) is 13.2. The Morgan fingerprint density at radius 1 is 1.17 bits per heavy atom. The molecular weight excluding hydrogens is 290 g/mol.